The van der Waals surface area contributed by atoms with E-state index in [0.29, 0.717) is 0 Å². The minimum Gasteiger partial charge on any atom is -0.316 e. The van der Waals surface area contributed by atoms with E-state index in [1.54, 1.807) is 0 Å². The average molecular weight is 194 g/mol. The first-order chi connectivity index (χ1) is 6.45. The van der Waals surface area contributed by atoms with E-state index in [2.05, 4.69) is 22.4 Å². The maximum atomic E-state index is 4.01. The number of nitrogens with zero attached hydrogens (tertiary/aromatic N) is 1. The summed E-state index contributed by atoms with van der Waals surface area (Å²) in [7, 11) is 0. The number of piperidine rings is 1. The van der Waals surface area contributed by atoms with Crippen LogP contribution in [0, 0.1) is 0 Å². The van der Waals surface area contributed by atoms with Crippen molar-refractivity contribution < 1.29 is 0 Å². The maximum absolute atomic E-state index is 4.01. The second-order valence-electron chi connectivity index (χ2n) is 3.27. The summed E-state index contributed by atoms with van der Waals surface area (Å²) in [4.78, 5) is 5.35. The zero-order valence-electron chi connectivity index (χ0n) is 7.57. The molecule has 1 aromatic rings. The minimum atomic E-state index is 0.746. The van der Waals surface area contributed by atoms with Crippen LogP contribution < -0.4 is 5.32 Å². The summed E-state index contributed by atoms with van der Waals surface area (Å²) < 4.78 is 0. The molecular weight excluding hydrogens is 180 g/mol. The van der Waals surface area contributed by atoms with E-state index in [4.69, 9.17) is 0 Å². The fraction of sp³-hybridized carbons (Fsp3) is 0.500. The Balaban J connectivity index is 1.90. The van der Waals surface area contributed by atoms with Gasteiger partial charge in [0, 0.05) is 29.1 Å². The van der Waals surface area contributed by atoms with E-state index in [1.165, 1.54) is 24.3 Å². The molecule has 1 atom stereocenters. The molecule has 0 unspecified atom stereocenters. The van der Waals surface area contributed by atoms with Crippen LogP contribution in [0.4, 0.5) is 0 Å². The van der Waals surface area contributed by atoms with Crippen molar-refractivity contribution in [3.63, 3.8) is 0 Å². The smallest absolute Gasteiger partial charge is 0.0278 e. The molecule has 0 bridgehead atoms. The fourth-order valence-electron chi connectivity index (χ4n) is 1.53. The third-order valence-electron chi connectivity index (χ3n) is 2.20. The van der Waals surface area contributed by atoms with Crippen LogP contribution in [0.25, 0.3) is 0 Å². The summed E-state index contributed by atoms with van der Waals surface area (Å²) in [6, 6.07) is 4.17. The standard InChI is InChI=1S/C10H14N2S/c1-2-10(8-12-5-1)13-9-3-6-11-7-4-9/h3-4,6-7,10,12H,1-2,5,8H2/t10-/m0/s1. The largest absolute Gasteiger partial charge is 0.316 e. The molecule has 0 spiro atoms. The average Bonchev–Trinajstić information content (AvgIpc) is 2.21. The van der Waals surface area contributed by atoms with E-state index < -0.39 is 0 Å². The summed E-state index contributed by atoms with van der Waals surface area (Å²) in [6.07, 6.45) is 6.36. The Labute approximate surface area is 83.1 Å². The molecule has 2 nitrogen and oxygen atoms in total. The van der Waals surface area contributed by atoms with Crippen molar-refractivity contribution in [1.29, 1.82) is 0 Å². The Morgan fingerprint density at radius 3 is 2.92 bits per heavy atom. The first kappa shape index (κ1) is 9.03. The normalized spacial score (nSPS) is 22.9. The van der Waals surface area contributed by atoms with Crippen molar-refractivity contribution in [2.45, 2.75) is 23.0 Å². The fourth-order valence-corrected chi connectivity index (χ4v) is 2.68. The number of thioether (sulfide) groups is 1. The van der Waals surface area contributed by atoms with Gasteiger partial charge in [-0.1, -0.05) is 0 Å². The lowest BCUT2D eigenvalue weighted by Crippen LogP contribution is -2.31. The van der Waals surface area contributed by atoms with Gasteiger partial charge in [-0.2, -0.15) is 0 Å². The van der Waals surface area contributed by atoms with Crippen molar-refractivity contribution >= 4 is 11.8 Å². The van der Waals surface area contributed by atoms with Crippen LogP contribution >= 0.6 is 11.8 Å². The molecule has 1 saturated heterocycles. The maximum Gasteiger partial charge on any atom is 0.0278 e. The van der Waals surface area contributed by atoms with Crippen LogP contribution in [-0.4, -0.2) is 23.3 Å². The van der Waals surface area contributed by atoms with Gasteiger partial charge in [0.25, 0.3) is 0 Å². The summed E-state index contributed by atoms with van der Waals surface area (Å²) in [6.45, 7) is 2.33. The predicted molar refractivity (Wildman–Crippen MR) is 56.0 cm³/mol. The molecule has 1 fully saturated rings. The highest BCUT2D eigenvalue weighted by atomic mass is 32.2. The molecule has 0 radical (unpaired) electrons. The molecule has 70 valence electrons. The van der Waals surface area contributed by atoms with Gasteiger partial charge < -0.3 is 5.32 Å². The van der Waals surface area contributed by atoms with Gasteiger partial charge in [0.1, 0.15) is 0 Å². The van der Waals surface area contributed by atoms with Crippen molar-refractivity contribution in [2.75, 3.05) is 13.1 Å². The Morgan fingerprint density at radius 1 is 1.38 bits per heavy atom. The van der Waals surface area contributed by atoms with E-state index in [-0.39, 0.29) is 0 Å². The highest BCUT2D eigenvalue weighted by molar-refractivity contribution is 8.00. The van der Waals surface area contributed by atoms with E-state index in [1.807, 2.05) is 24.2 Å². The third-order valence-corrected chi connectivity index (χ3v) is 3.48. The molecule has 0 aromatic carbocycles. The summed E-state index contributed by atoms with van der Waals surface area (Å²) in [5, 5.41) is 4.17. The highest BCUT2D eigenvalue weighted by Crippen LogP contribution is 2.26. The Kier molecular flexibility index (Phi) is 3.22. The number of hydrogen-bond donors (Lipinski definition) is 1. The lowest BCUT2D eigenvalue weighted by molar-refractivity contribution is 0.531. The van der Waals surface area contributed by atoms with Gasteiger partial charge in [-0.25, -0.2) is 0 Å². The molecule has 0 aliphatic carbocycles. The molecule has 1 aliphatic rings. The van der Waals surface area contributed by atoms with Gasteiger partial charge in [-0.3, -0.25) is 4.98 Å². The number of aromatic nitrogens is 1. The van der Waals surface area contributed by atoms with Crippen molar-refractivity contribution in [1.82, 2.24) is 10.3 Å². The van der Waals surface area contributed by atoms with Gasteiger partial charge in [-0.05, 0) is 31.5 Å². The van der Waals surface area contributed by atoms with Gasteiger partial charge in [0.05, 0.1) is 0 Å². The molecule has 2 rings (SSSR count). The second-order valence-corrected chi connectivity index (χ2v) is 4.64. The second kappa shape index (κ2) is 4.63. The van der Waals surface area contributed by atoms with Gasteiger partial charge >= 0.3 is 0 Å². The molecule has 1 N–H and O–H groups in total. The first-order valence-corrected chi connectivity index (χ1v) is 5.60. The zero-order valence-corrected chi connectivity index (χ0v) is 8.39. The first-order valence-electron chi connectivity index (χ1n) is 4.72. The topological polar surface area (TPSA) is 24.9 Å². The van der Waals surface area contributed by atoms with Crippen molar-refractivity contribution in [3.8, 4) is 0 Å². The Morgan fingerprint density at radius 2 is 2.23 bits per heavy atom. The molecule has 1 aromatic heterocycles. The number of rotatable bonds is 2. The molecule has 13 heavy (non-hydrogen) atoms. The number of hydrogen-bond acceptors (Lipinski definition) is 3. The molecule has 3 heteroatoms. The Bertz CT molecular complexity index is 244. The lowest BCUT2D eigenvalue weighted by Gasteiger charge is -2.21. The van der Waals surface area contributed by atoms with Crippen LogP contribution in [0.5, 0.6) is 0 Å². The Hall–Kier alpha value is -0.540. The SMILES string of the molecule is c1cc(S[C@H]2CCCNC2)ccn1. The number of pyridine rings is 1. The highest BCUT2D eigenvalue weighted by Gasteiger charge is 2.13. The number of nitrogens with one attached hydrogen (secondary N) is 1. The summed E-state index contributed by atoms with van der Waals surface area (Å²) in [5.41, 5.74) is 0. The van der Waals surface area contributed by atoms with Gasteiger partial charge in [-0.15, -0.1) is 11.8 Å². The molecule has 0 amide bonds. The third kappa shape index (κ3) is 2.71. The van der Waals surface area contributed by atoms with E-state index >= 15 is 0 Å². The lowest BCUT2D eigenvalue weighted by atomic mass is 10.2. The van der Waals surface area contributed by atoms with E-state index in [0.717, 1.165) is 11.8 Å². The predicted octanol–water partition coefficient (Wildman–Crippen LogP) is 1.93. The van der Waals surface area contributed by atoms with Crippen molar-refractivity contribution in [2.24, 2.45) is 0 Å². The van der Waals surface area contributed by atoms with E-state index in [9.17, 15) is 0 Å². The van der Waals surface area contributed by atoms with Gasteiger partial charge in [0.15, 0.2) is 0 Å². The monoisotopic (exact) mass is 194 g/mol. The molecule has 2 heterocycles. The van der Waals surface area contributed by atoms with Crippen LogP contribution in [0.15, 0.2) is 29.4 Å². The van der Waals surface area contributed by atoms with Crippen LogP contribution in [0.3, 0.4) is 0 Å². The molecular formula is C10H14N2S. The minimum absolute atomic E-state index is 0.746. The van der Waals surface area contributed by atoms with Gasteiger partial charge in [0.2, 0.25) is 0 Å². The zero-order chi connectivity index (χ0) is 8.93. The summed E-state index contributed by atoms with van der Waals surface area (Å²) in [5.74, 6) is 0. The van der Waals surface area contributed by atoms with Crippen LogP contribution in [0.1, 0.15) is 12.8 Å². The molecule has 0 saturated carbocycles. The van der Waals surface area contributed by atoms with Crippen LogP contribution in [0.2, 0.25) is 0 Å². The van der Waals surface area contributed by atoms with Crippen molar-refractivity contribution in [3.05, 3.63) is 24.5 Å². The molecule has 1 aliphatic heterocycles. The quantitative estimate of drug-likeness (QED) is 0.778. The van der Waals surface area contributed by atoms with Crippen LogP contribution in [-0.2, 0) is 0 Å². The summed E-state index contributed by atoms with van der Waals surface area (Å²) >= 11 is 1.96.